The van der Waals surface area contributed by atoms with Gasteiger partial charge in [0.15, 0.2) is 0 Å². The van der Waals surface area contributed by atoms with E-state index in [1.54, 1.807) is 6.07 Å². The van der Waals surface area contributed by atoms with Crippen LogP contribution in [0.15, 0.2) is 36.4 Å². The third-order valence-corrected chi connectivity index (χ3v) is 4.23. The fourth-order valence-corrected chi connectivity index (χ4v) is 3.09. The Morgan fingerprint density at radius 1 is 1.10 bits per heavy atom. The highest BCUT2D eigenvalue weighted by atomic mass is 19.1. The minimum Gasteiger partial charge on any atom is -0.398 e. The van der Waals surface area contributed by atoms with Gasteiger partial charge < -0.3 is 5.73 Å². The molecule has 0 radical (unpaired) electrons. The van der Waals surface area contributed by atoms with Gasteiger partial charge in [0.25, 0.3) is 0 Å². The fourth-order valence-electron chi connectivity index (χ4n) is 3.09. The van der Waals surface area contributed by atoms with Crippen molar-refractivity contribution in [2.24, 2.45) is 5.84 Å². The number of rotatable bonds is 4. The summed E-state index contributed by atoms with van der Waals surface area (Å²) in [4.78, 5) is 0. The minimum atomic E-state index is -0.298. The second-order valence-corrected chi connectivity index (χ2v) is 5.65. The van der Waals surface area contributed by atoms with Crippen molar-refractivity contribution in [2.45, 2.75) is 31.7 Å². The number of fused-ring (bicyclic) bond motifs is 1. The molecule has 110 valence electrons. The second-order valence-electron chi connectivity index (χ2n) is 5.65. The van der Waals surface area contributed by atoms with Gasteiger partial charge in [-0.2, -0.15) is 0 Å². The highest BCUT2D eigenvalue weighted by Crippen LogP contribution is 2.27. The SMILES string of the molecule is NNC(Cc1ccc2c(c1)CCC2)c1cc(F)ccc1N. The van der Waals surface area contributed by atoms with E-state index >= 15 is 0 Å². The van der Waals surface area contributed by atoms with E-state index in [2.05, 4.69) is 23.6 Å². The highest BCUT2D eigenvalue weighted by molar-refractivity contribution is 5.49. The van der Waals surface area contributed by atoms with Gasteiger partial charge in [-0.1, -0.05) is 18.2 Å². The van der Waals surface area contributed by atoms with Crippen LogP contribution in [0.2, 0.25) is 0 Å². The molecule has 4 heteroatoms. The number of nitrogens with one attached hydrogen (secondary N) is 1. The average molecular weight is 285 g/mol. The zero-order valence-corrected chi connectivity index (χ0v) is 11.9. The number of hydrogen-bond donors (Lipinski definition) is 3. The Morgan fingerprint density at radius 2 is 1.90 bits per heavy atom. The molecule has 5 N–H and O–H groups in total. The summed E-state index contributed by atoms with van der Waals surface area (Å²) >= 11 is 0. The zero-order chi connectivity index (χ0) is 14.8. The molecule has 1 aliphatic rings. The van der Waals surface area contributed by atoms with E-state index in [0.29, 0.717) is 17.7 Å². The lowest BCUT2D eigenvalue weighted by atomic mass is 9.96. The molecule has 0 aliphatic heterocycles. The normalized spacial score (nSPS) is 15.0. The molecule has 1 unspecified atom stereocenters. The maximum absolute atomic E-state index is 13.4. The lowest BCUT2D eigenvalue weighted by molar-refractivity contribution is 0.546. The van der Waals surface area contributed by atoms with Crippen LogP contribution >= 0.6 is 0 Å². The van der Waals surface area contributed by atoms with Crippen LogP contribution in [0, 0.1) is 5.82 Å². The molecule has 0 aromatic heterocycles. The maximum Gasteiger partial charge on any atom is 0.123 e. The van der Waals surface area contributed by atoms with E-state index in [-0.39, 0.29) is 11.9 Å². The number of hydrazine groups is 1. The van der Waals surface area contributed by atoms with Crippen molar-refractivity contribution in [1.29, 1.82) is 0 Å². The molecule has 2 aromatic carbocycles. The van der Waals surface area contributed by atoms with Gasteiger partial charge in [0.05, 0.1) is 6.04 Å². The number of benzene rings is 2. The molecule has 0 bridgehead atoms. The molecular formula is C17H20FN3. The van der Waals surface area contributed by atoms with Crippen molar-refractivity contribution >= 4 is 5.69 Å². The first kappa shape index (κ1) is 14.0. The van der Waals surface area contributed by atoms with Crippen molar-refractivity contribution in [2.75, 3.05) is 5.73 Å². The molecule has 3 nitrogen and oxygen atoms in total. The molecule has 2 aromatic rings. The number of aryl methyl sites for hydroxylation is 2. The lowest BCUT2D eigenvalue weighted by Gasteiger charge is -2.19. The number of nitrogens with two attached hydrogens (primary N) is 2. The molecule has 3 rings (SSSR count). The van der Waals surface area contributed by atoms with Crippen LogP contribution in [0.3, 0.4) is 0 Å². The topological polar surface area (TPSA) is 64.1 Å². The predicted molar refractivity (Wildman–Crippen MR) is 83.0 cm³/mol. The van der Waals surface area contributed by atoms with Gasteiger partial charge >= 0.3 is 0 Å². The van der Waals surface area contributed by atoms with E-state index in [1.165, 1.54) is 41.7 Å². The summed E-state index contributed by atoms with van der Waals surface area (Å²) < 4.78 is 13.4. The van der Waals surface area contributed by atoms with E-state index < -0.39 is 0 Å². The lowest BCUT2D eigenvalue weighted by Crippen LogP contribution is -2.30. The Morgan fingerprint density at radius 3 is 2.71 bits per heavy atom. The van der Waals surface area contributed by atoms with Gasteiger partial charge in [0.2, 0.25) is 0 Å². The fraction of sp³-hybridized carbons (Fsp3) is 0.294. The van der Waals surface area contributed by atoms with E-state index in [0.717, 1.165) is 6.42 Å². The van der Waals surface area contributed by atoms with Crippen molar-refractivity contribution in [3.63, 3.8) is 0 Å². The van der Waals surface area contributed by atoms with Crippen molar-refractivity contribution in [3.8, 4) is 0 Å². The van der Waals surface area contributed by atoms with Crippen molar-refractivity contribution in [1.82, 2.24) is 5.43 Å². The van der Waals surface area contributed by atoms with Crippen LogP contribution in [-0.2, 0) is 19.3 Å². The Balaban J connectivity index is 1.86. The van der Waals surface area contributed by atoms with Crippen LogP contribution in [0.1, 0.15) is 34.7 Å². The average Bonchev–Trinajstić information content (AvgIpc) is 2.95. The molecule has 0 fully saturated rings. The first-order valence-electron chi connectivity index (χ1n) is 7.29. The first-order valence-corrected chi connectivity index (χ1v) is 7.29. The summed E-state index contributed by atoms with van der Waals surface area (Å²) in [5.41, 5.74) is 14.0. The maximum atomic E-state index is 13.4. The molecule has 1 atom stereocenters. The predicted octanol–water partition coefficient (Wildman–Crippen LogP) is 2.64. The van der Waals surface area contributed by atoms with Crippen LogP contribution in [0.25, 0.3) is 0 Å². The van der Waals surface area contributed by atoms with Crippen LogP contribution in [0.5, 0.6) is 0 Å². The summed E-state index contributed by atoms with van der Waals surface area (Å²) in [6.45, 7) is 0. The molecule has 1 aliphatic carbocycles. The summed E-state index contributed by atoms with van der Waals surface area (Å²) in [6, 6.07) is 10.8. The van der Waals surface area contributed by atoms with E-state index in [4.69, 9.17) is 11.6 Å². The Bertz CT molecular complexity index is 654. The van der Waals surface area contributed by atoms with Crippen molar-refractivity contribution in [3.05, 3.63) is 64.5 Å². The monoisotopic (exact) mass is 285 g/mol. The molecule has 0 amide bonds. The molecule has 0 saturated heterocycles. The van der Waals surface area contributed by atoms with Gasteiger partial charge in [-0.05, 0) is 66.1 Å². The van der Waals surface area contributed by atoms with Gasteiger partial charge in [-0.3, -0.25) is 11.3 Å². The number of halogens is 1. The first-order chi connectivity index (χ1) is 10.2. The number of hydrogen-bond acceptors (Lipinski definition) is 3. The van der Waals surface area contributed by atoms with Gasteiger partial charge in [-0.25, -0.2) is 4.39 Å². The summed E-state index contributed by atoms with van der Waals surface area (Å²) in [6.07, 6.45) is 4.24. The third kappa shape index (κ3) is 2.91. The Labute approximate surface area is 124 Å². The van der Waals surface area contributed by atoms with Crippen molar-refractivity contribution < 1.29 is 4.39 Å². The standard InChI is InChI=1S/C17H20FN3/c18-14-6-7-16(19)15(10-14)17(21-20)9-11-4-5-12-2-1-3-13(12)8-11/h4-8,10,17,21H,1-3,9,19-20H2. The van der Waals surface area contributed by atoms with Crippen LogP contribution in [-0.4, -0.2) is 0 Å². The quantitative estimate of drug-likeness (QED) is 0.460. The number of anilines is 1. The van der Waals surface area contributed by atoms with E-state index in [9.17, 15) is 4.39 Å². The smallest absolute Gasteiger partial charge is 0.123 e. The Kier molecular flexibility index (Phi) is 3.90. The summed E-state index contributed by atoms with van der Waals surface area (Å²) in [5, 5.41) is 0. The summed E-state index contributed by atoms with van der Waals surface area (Å²) in [7, 11) is 0. The molecule has 0 saturated carbocycles. The second kappa shape index (κ2) is 5.84. The zero-order valence-electron chi connectivity index (χ0n) is 11.9. The Hall–Kier alpha value is -1.91. The highest BCUT2D eigenvalue weighted by Gasteiger charge is 2.16. The van der Waals surface area contributed by atoms with Gasteiger partial charge in [0, 0.05) is 5.69 Å². The van der Waals surface area contributed by atoms with Crippen LogP contribution in [0.4, 0.5) is 10.1 Å². The summed E-state index contributed by atoms with van der Waals surface area (Å²) in [5.74, 6) is 5.36. The van der Waals surface area contributed by atoms with Gasteiger partial charge in [0.1, 0.15) is 5.82 Å². The largest absolute Gasteiger partial charge is 0.398 e. The third-order valence-electron chi connectivity index (χ3n) is 4.23. The van der Waals surface area contributed by atoms with Crippen LogP contribution < -0.4 is 17.0 Å². The molecular weight excluding hydrogens is 265 g/mol. The molecule has 0 spiro atoms. The minimum absolute atomic E-state index is 0.194. The number of nitrogen functional groups attached to an aromatic ring is 1. The van der Waals surface area contributed by atoms with Gasteiger partial charge in [-0.15, -0.1) is 0 Å². The molecule has 0 heterocycles. The molecule has 21 heavy (non-hydrogen) atoms. The van der Waals surface area contributed by atoms with E-state index in [1.807, 2.05) is 0 Å².